The quantitative estimate of drug-likeness (QED) is 0.596. The molecule has 6 heteroatoms. The fourth-order valence-corrected chi connectivity index (χ4v) is 3.18. The largest absolute Gasteiger partial charge is 0.454 e. The van der Waals surface area contributed by atoms with Crippen molar-refractivity contribution in [2.75, 3.05) is 6.61 Å². The van der Waals surface area contributed by atoms with Crippen LogP contribution in [0.3, 0.4) is 0 Å². The van der Waals surface area contributed by atoms with Crippen LogP contribution in [0.5, 0.6) is 0 Å². The van der Waals surface area contributed by atoms with Gasteiger partial charge in [-0.3, -0.25) is 4.79 Å². The molecule has 21 heavy (non-hydrogen) atoms. The number of hydrogen-bond donors (Lipinski definition) is 0. The highest BCUT2D eigenvalue weighted by molar-refractivity contribution is 7.12. The Morgan fingerprint density at radius 1 is 1.19 bits per heavy atom. The van der Waals surface area contributed by atoms with Crippen LogP contribution in [-0.4, -0.2) is 18.4 Å². The smallest absolute Gasteiger partial charge is 0.340 e. The highest BCUT2D eigenvalue weighted by Crippen LogP contribution is 2.26. The number of benzene rings is 1. The number of carbonyl (C=O) groups excluding carboxylic acids is 2. The lowest BCUT2D eigenvalue weighted by Gasteiger charge is -2.06. The zero-order valence-corrected chi connectivity index (χ0v) is 13.7. The number of Topliss-reactive ketones (excluding diaryl/α,β-unsaturated/α-hetero) is 1. The lowest BCUT2D eigenvalue weighted by atomic mass is 10.2. The first kappa shape index (κ1) is 16.0. The van der Waals surface area contributed by atoms with Crippen molar-refractivity contribution in [3.8, 4) is 0 Å². The third-order valence-electron chi connectivity index (χ3n) is 2.85. The monoisotopic (exact) mass is 342 g/mol. The number of ketones is 1. The van der Waals surface area contributed by atoms with Crippen molar-refractivity contribution in [3.05, 3.63) is 55.2 Å². The molecule has 0 aliphatic carbocycles. The molecule has 0 atom stereocenters. The van der Waals surface area contributed by atoms with Crippen LogP contribution in [0.1, 0.15) is 30.5 Å². The van der Waals surface area contributed by atoms with E-state index in [9.17, 15) is 9.59 Å². The summed E-state index contributed by atoms with van der Waals surface area (Å²) in [6, 6.07) is 6.46. The number of rotatable bonds is 4. The van der Waals surface area contributed by atoms with Gasteiger partial charge in [0.15, 0.2) is 6.61 Å². The van der Waals surface area contributed by atoms with Crippen LogP contribution in [-0.2, 0) is 4.74 Å². The Morgan fingerprint density at radius 2 is 1.90 bits per heavy atom. The van der Waals surface area contributed by atoms with E-state index in [0.717, 1.165) is 9.75 Å². The van der Waals surface area contributed by atoms with Gasteiger partial charge in [0.05, 0.1) is 15.6 Å². The fraction of sp³-hybridized carbons (Fsp3) is 0.200. The number of thiophene rings is 1. The first-order valence-corrected chi connectivity index (χ1v) is 7.68. The second-order valence-corrected chi connectivity index (χ2v) is 6.67. The van der Waals surface area contributed by atoms with Gasteiger partial charge in [-0.1, -0.05) is 29.3 Å². The van der Waals surface area contributed by atoms with Crippen molar-refractivity contribution in [1.82, 2.24) is 0 Å². The highest BCUT2D eigenvalue weighted by Gasteiger charge is 2.17. The Kier molecular flexibility index (Phi) is 5.04. The summed E-state index contributed by atoms with van der Waals surface area (Å²) in [4.78, 5) is 25.9. The van der Waals surface area contributed by atoms with Crippen LogP contribution >= 0.6 is 34.5 Å². The number of aryl methyl sites for hydroxylation is 2. The number of carbonyl (C=O) groups is 2. The second-order valence-electron chi connectivity index (χ2n) is 4.43. The minimum absolute atomic E-state index is 0.124. The molecule has 2 rings (SSSR count). The molecule has 0 fully saturated rings. The van der Waals surface area contributed by atoms with Crippen LogP contribution in [0.4, 0.5) is 0 Å². The summed E-state index contributed by atoms with van der Waals surface area (Å²) in [6.07, 6.45) is 0. The molecular weight excluding hydrogens is 331 g/mol. The number of ether oxygens (including phenoxy) is 1. The summed E-state index contributed by atoms with van der Waals surface area (Å²) in [5.74, 6) is -0.899. The number of esters is 1. The molecule has 0 saturated carbocycles. The van der Waals surface area contributed by atoms with Gasteiger partial charge in [-0.2, -0.15) is 0 Å². The molecule has 0 bridgehead atoms. The van der Waals surface area contributed by atoms with E-state index in [1.54, 1.807) is 18.2 Å². The molecule has 1 aromatic carbocycles. The summed E-state index contributed by atoms with van der Waals surface area (Å²) in [5, 5.41) is 0.390. The van der Waals surface area contributed by atoms with Crippen molar-refractivity contribution < 1.29 is 14.3 Å². The summed E-state index contributed by atoms with van der Waals surface area (Å²) in [5.41, 5.74) is 0.734. The van der Waals surface area contributed by atoms with Crippen LogP contribution in [0.2, 0.25) is 10.0 Å². The van der Waals surface area contributed by atoms with E-state index in [-0.39, 0.29) is 28.0 Å². The van der Waals surface area contributed by atoms with Gasteiger partial charge in [-0.15, -0.1) is 11.3 Å². The molecule has 0 aliphatic heterocycles. The lowest BCUT2D eigenvalue weighted by Crippen LogP contribution is -2.14. The van der Waals surface area contributed by atoms with E-state index in [2.05, 4.69) is 0 Å². The average molecular weight is 343 g/mol. The zero-order valence-electron chi connectivity index (χ0n) is 11.4. The van der Waals surface area contributed by atoms with Gasteiger partial charge in [-0.05, 0) is 32.0 Å². The molecule has 0 N–H and O–H groups in total. The zero-order chi connectivity index (χ0) is 15.6. The SMILES string of the molecule is Cc1cc(C(=O)COC(=O)c2cccc(Cl)c2Cl)c(C)s1. The first-order valence-electron chi connectivity index (χ1n) is 6.11. The molecular formula is C15H12Cl2O3S. The van der Waals surface area contributed by atoms with Gasteiger partial charge < -0.3 is 4.74 Å². The molecule has 0 radical (unpaired) electrons. The van der Waals surface area contributed by atoms with Crippen molar-refractivity contribution >= 4 is 46.3 Å². The third-order valence-corrected chi connectivity index (χ3v) is 4.63. The second kappa shape index (κ2) is 6.60. The van der Waals surface area contributed by atoms with Crippen molar-refractivity contribution in [2.45, 2.75) is 13.8 Å². The molecule has 0 spiro atoms. The minimum Gasteiger partial charge on any atom is -0.454 e. The molecule has 3 nitrogen and oxygen atoms in total. The van der Waals surface area contributed by atoms with E-state index < -0.39 is 5.97 Å². The van der Waals surface area contributed by atoms with Crippen molar-refractivity contribution in [1.29, 1.82) is 0 Å². The summed E-state index contributed by atoms with van der Waals surface area (Å²) < 4.78 is 5.02. The summed E-state index contributed by atoms with van der Waals surface area (Å²) in [7, 11) is 0. The molecule has 0 amide bonds. The van der Waals surface area contributed by atoms with Crippen LogP contribution in [0.25, 0.3) is 0 Å². The van der Waals surface area contributed by atoms with Gasteiger partial charge in [-0.25, -0.2) is 4.79 Å². The lowest BCUT2D eigenvalue weighted by molar-refractivity contribution is 0.0475. The summed E-state index contributed by atoms with van der Waals surface area (Å²) in [6.45, 7) is 3.46. The predicted octanol–water partition coefficient (Wildman–Crippen LogP) is 4.71. The average Bonchev–Trinajstić information content (AvgIpc) is 2.78. The standard InChI is InChI=1S/C15H12Cl2O3S/c1-8-6-11(9(2)21-8)13(18)7-20-15(19)10-4-3-5-12(16)14(10)17/h3-6H,7H2,1-2H3. The van der Waals surface area contributed by atoms with Gasteiger partial charge in [0, 0.05) is 15.3 Å². The normalized spacial score (nSPS) is 10.5. The molecule has 110 valence electrons. The van der Waals surface area contributed by atoms with Crippen LogP contribution < -0.4 is 0 Å². The Balaban J connectivity index is 2.06. The Labute approximate surface area is 136 Å². The number of halogens is 2. The first-order chi connectivity index (χ1) is 9.90. The fourth-order valence-electron chi connectivity index (χ4n) is 1.86. The topological polar surface area (TPSA) is 43.4 Å². The number of hydrogen-bond acceptors (Lipinski definition) is 4. The highest BCUT2D eigenvalue weighted by atomic mass is 35.5. The maximum atomic E-state index is 12.0. The Bertz CT molecular complexity index is 707. The third kappa shape index (κ3) is 3.64. The molecule has 0 unspecified atom stereocenters. The minimum atomic E-state index is -0.666. The van der Waals surface area contributed by atoms with E-state index >= 15 is 0 Å². The molecule has 0 aliphatic rings. The van der Waals surface area contributed by atoms with E-state index in [1.807, 2.05) is 13.8 Å². The molecule has 0 saturated heterocycles. The van der Waals surface area contributed by atoms with E-state index in [1.165, 1.54) is 17.4 Å². The van der Waals surface area contributed by atoms with Gasteiger partial charge in [0.25, 0.3) is 0 Å². The maximum Gasteiger partial charge on any atom is 0.340 e. The van der Waals surface area contributed by atoms with E-state index in [4.69, 9.17) is 27.9 Å². The van der Waals surface area contributed by atoms with Gasteiger partial charge in [0.2, 0.25) is 5.78 Å². The molecule has 2 aromatic rings. The molecule has 1 heterocycles. The van der Waals surface area contributed by atoms with Crippen molar-refractivity contribution in [2.24, 2.45) is 0 Å². The Hall–Kier alpha value is -1.36. The maximum absolute atomic E-state index is 12.0. The van der Waals surface area contributed by atoms with Crippen LogP contribution in [0, 0.1) is 13.8 Å². The van der Waals surface area contributed by atoms with Crippen molar-refractivity contribution in [3.63, 3.8) is 0 Å². The Morgan fingerprint density at radius 3 is 2.52 bits per heavy atom. The predicted molar refractivity (Wildman–Crippen MR) is 84.9 cm³/mol. The summed E-state index contributed by atoms with van der Waals surface area (Å²) >= 11 is 13.3. The molecule has 1 aromatic heterocycles. The van der Waals surface area contributed by atoms with Crippen LogP contribution in [0.15, 0.2) is 24.3 Å². The van der Waals surface area contributed by atoms with Gasteiger partial charge >= 0.3 is 5.97 Å². The van der Waals surface area contributed by atoms with E-state index in [0.29, 0.717) is 5.56 Å². The van der Waals surface area contributed by atoms with Gasteiger partial charge in [0.1, 0.15) is 0 Å².